The van der Waals surface area contributed by atoms with Crippen molar-refractivity contribution in [3.8, 4) is 0 Å². The van der Waals surface area contributed by atoms with E-state index in [4.69, 9.17) is 0 Å². The topological polar surface area (TPSA) is 73.5 Å². The summed E-state index contributed by atoms with van der Waals surface area (Å²) in [7, 11) is -3.80. The van der Waals surface area contributed by atoms with E-state index in [-0.39, 0.29) is 30.9 Å². The summed E-state index contributed by atoms with van der Waals surface area (Å²) in [5.74, 6) is -0.626. The minimum atomic E-state index is -3.80. The maximum Gasteiger partial charge on any atom is 0.238 e. The molecule has 196 valence electrons. The quantitative estimate of drug-likeness (QED) is 0.284. The Labute approximate surface area is 222 Å². The van der Waals surface area contributed by atoms with Crippen molar-refractivity contribution in [2.24, 2.45) is 0 Å². The van der Waals surface area contributed by atoms with Crippen LogP contribution in [0.15, 0.2) is 90.5 Å². The average Bonchev–Trinajstić information content (AvgIpc) is 3.69. The minimum Gasteiger partial charge on any atom is -0.361 e. The van der Waals surface area contributed by atoms with E-state index in [0.717, 1.165) is 40.4 Å². The van der Waals surface area contributed by atoms with Gasteiger partial charge in [-0.25, -0.2) is 12.8 Å². The normalized spacial score (nSPS) is 13.9. The number of hydrogen-bond donors (Lipinski definition) is 1. The van der Waals surface area contributed by atoms with E-state index in [1.165, 1.54) is 21.8 Å². The molecule has 1 saturated carbocycles. The van der Waals surface area contributed by atoms with Gasteiger partial charge in [0.05, 0.1) is 6.54 Å². The molecule has 5 rings (SSSR count). The molecular weight excluding hydrogens is 501 g/mol. The van der Waals surface area contributed by atoms with Crippen LogP contribution in [0, 0.1) is 5.82 Å². The van der Waals surface area contributed by atoms with Gasteiger partial charge in [0.1, 0.15) is 5.82 Å². The number of H-pyrrole nitrogens is 1. The van der Waals surface area contributed by atoms with E-state index < -0.39 is 10.0 Å². The molecule has 1 fully saturated rings. The largest absolute Gasteiger partial charge is 0.361 e. The summed E-state index contributed by atoms with van der Waals surface area (Å²) in [4.78, 5) is 18.5. The summed E-state index contributed by atoms with van der Waals surface area (Å²) >= 11 is 0. The second-order valence-electron chi connectivity index (χ2n) is 9.59. The molecule has 6 nitrogen and oxygen atoms in total. The molecule has 1 N–H and O–H groups in total. The first-order chi connectivity index (χ1) is 18.4. The van der Waals surface area contributed by atoms with Crippen LogP contribution in [-0.4, -0.2) is 47.6 Å². The number of fused-ring (bicyclic) bond motifs is 1. The standard InChI is InChI=1S/C30H30FN3O3S/c31-26-12-10-24(11-13-26)21-33(18-16-25-20-32-29-9-5-4-8-28(25)29)30(35)22-34(27-14-15-27)38(36,37)19-17-23-6-2-1-3-7-23/h1-13,17,19-20,27,32H,14-16,18,21-22H2/b19-17+. The van der Waals surface area contributed by atoms with E-state index >= 15 is 0 Å². The number of benzene rings is 3. The molecule has 0 atom stereocenters. The van der Waals surface area contributed by atoms with Gasteiger partial charge in [-0.05, 0) is 60.2 Å². The van der Waals surface area contributed by atoms with E-state index in [0.29, 0.717) is 13.0 Å². The summed E-state index contributed by atoms with van der Waals surface area (Å²) in [5, 5.41) is 2.28. The van der Waals surface area contributed by atoms with E-state index in [9.17, 15) is 17.6 Å². The van der Waals surface area contributed by atoms with Gasteiger partial charge in [-0.3, -0.25) is 4.79 Å². The number of aromatic amines is 1. The van der Waals surface area contributed by atoms with Crippen molar-refractivity contribution >= 4 is 32.9 Å². The first-order valence-corrected chi connectivity index (χ1v) is 14.2. The Morgan fingerprint density at radius 2 is 1.68 bits per heavy atom. The van der Waals surface area contributed by atoms with Crippen molar-refractivity contribution in [3.05, 3.63) is 113 Å². The second-order valence-corrected chi connectivity index (χ2v) is 11.4. The summed E-state index contributed by atoms with van der Waals surface area (Å²) in [5.41, 5.74) is 3.66. The van der Waals surface area contributed by atoms with E-state index in [2.05, 4.69) is 4.98 Å². The van der Waals surface area contributed by atoms with Crippen LogP contribution in [0.25, 0.3) is 17.0 Å². The predicted octanol–water partition coefficient (Wildman–Crippen LogP) is 5.34. The number of para-hydroxylation sites is 1. The molecule has 0 aliphatic heterocycles. The lowest BCUT2D eigenvalue weighted by Crippen LogP contribution is -2.43. The SMILES string of the molecule is O=C(CN(C1CC1)S(=O)(=O)/C=C/c1ccccc1)N(CCc1c[nH]c2ccccc12)Cc1ccc(F)cc1. The Morgan fingerprint density at radius 3 is 2.42 bits per heavy atom. The van der Waals surface area contributed by atoms with Crippen LogP contribution < -0.4 is 0 Å². The number of aromatic nitrogens is 1. The molecule has 1 heterocycles. The molecule has 0 spiro atoms. The number of nitrogens with zero attached hydrogens (tertiary/aromatic N) is 2. The van der Waals surface area contributed by atoms with Gasteiger partial charge in [0.15, 0.2) is 0 Å². The molecule has 1 amide bonds. The summed E-state index contributed by atoms with van der Waals surface area (Å²) in [6, 6.07) is 23.0. The number of amides is 1. The van der Waals surface area contributed by atoms with Gasteiger partial charge in [-0.2, -0.15) is 4.31 Å². The highest BCUT2D eigenvalue weighted by atomic mass is 32.2. The monoisotopic (exact) mass is 531 g/mol. The van der Waals surface area contributed by atoms with Crippen LogP contribution in [0.1, 0.15) is 29.5 Å². The lowest BCUT2D eigenvalue weighted by molar-refractivity contribution is -0.132. The Morgan fingerprint density at radius 1 is 0.974 bits per heavy atom. The smallest absolute Gasteiger partial charge is 0.238 e. The maximum atomic E-state index is 13.6. The highest BCUT2D eigenvalue weighted by Gasteiger charge is 2.38. The Bertz CT molecular complexity index is 1530. The van der Waals surface area contributed by atoms with Gasteiger partial charge in [0.25, 0.3) is 0 Å². The zero-order chi connectivity index (χ0) is 26.5. The Balaban J connectivity index is 1.35. The predicted molar refractivity (Wildman–Crippen MR) is 148 cm³/mol. The Hall–Kier alpha value is -3.75. The van der Waals surface area contributed by atoms with Gasteiger partial charge in [-0.15, -0.1) is 0 Å². The molecule has 0 unspecified atom stereocenters. The molecule has 4 aromatic rings. The zero-order valence-electron chi connectivity index (χ0n) is 21.0. The van der Waals surface area contributed by atoms with Crippen LogP contribution in [0.2, 0.25) is 0 Å². The van der Waals surface area contributed by atoms with E-state index in [1.54, 1.807) is 23.1 Å². The lowest BCUT2D eigenvalue weighted by Gasteiger charge is -2.27. The van der Waals surface area contributed by atoms with Gasteiger partial charge in [0, 0.05) is 41.6 Å². The Kier molecular flexibility index (Phi) is 7.72. The van der Waals surface area contributed by atoms with Gasteiger partial charge in [0.2, 0.25) is 15.9 Å². The molecule has 1 aromatic heterocycles. The first kappa shape index (κ1) is 25.9. The van der Waals surface area contributed by atoms with Crippen LogP contribution in [-0.2, 0) is 27.8 Å². The third kappa shape index (κ3) is 6.38. The van der Waals surface area contributed by atoms with Crippen LogP contribution >= 0.6 is 0 Å². The fraction of sp³-hybridized carbons (Fsp3) is 0.233. The molecular formula is C30H30FN3O3S. The third-order valence-corrected chi connectivity index (χ3v) is 8.33. The summed E-state index contributed by atoms with van der Waals surface area (Å²) < 4.78 is 41.3. The number of rotatable bonds is 11. The zero-order valence-corrected chi connectivity index (χ0v) is 21.8. The van der Waals surface area contributed by atoms with Gasteiger partial charge in [-0.1, -0.05) is 60.7 Å². The number of nitrogens with one attached hydrogen (secondary N) is 1. The van der Waals surface area contributed by atoms with Crippen LogP contribution in [0.5, 0.6) is 0 Å². The molecule has 0 saturated heterocycles. The van der Waals surface area contributed by atoms with Crippen molar-refractivity contribution in [1.29, 1.82) is 0 Å². The number of carbonyl (C=O) groups excluding carboxylic acids is 1. The highest BCUT2D eigenvalue weighted by Crippen LogP contribution is 2.30. The van der Waals surface area contributed by atoms with Crippen molar-refractivity contribution in [2.75, 3.05) is 13.1 Å². The molecule has 0 bridgehead atoms. The third-order valence-electron chi connectivity index (χ3n) is 6.77. The van der Waals surface area contributed by atoms with Crippen molar-refractivity contribution in [3.63, 3.8) is 0 Å². The molecule has 1 aliphatic carbocycles. The van der Waals surface area contributed by atoms with Gasteiger partial charge >= 0.3 is 0 Å². The molecule has 3 aromatic carbocycles. The number of sulfonamides is 1. The lowest BCUT2D eigenvalue weighted by atomic mass is 10.1. The average molecular weight is 532 g/mol. The van der Waals surface area contributed by atoms with Gasteiger partial charge < -0.3 is 9.88 Å². The number of hydrogen-bond acceptors (Lipinski definition) is 3. The highest BCUT2D eigenvalue weighted by molar-refractivity contribution is 7.92. The second kappa shape index (κ2) is 11.3. The molecule has 38 heavy (non-hydrogen) atoms. The fourth-order valence-corrected chi connectivity index (χ4v) is 5.93. The fourth-order valence-electron chi connectivity index (χ4n) is 4.53. The van der Waals surface area contributed by atoms with Crippen molar-refractivity contribution < 1.29 is 17.6 Å². The number of halogens is 1. The van der Waals surface area contributed by atoms with Crippen LogP contribution in [0.4, 0.5) is 4.39 Å². The molecule has 0 radical (unpaired) electrons. The van der Waals surface area contributed by atoms with Crippen LogP contribution in [0.3, 0.4) is 0 Å². The summed E-state index contributed by atoms with van der Waals surface area (Å²) in [6.07, 6.45) is 5.57. The maximum absolute atomic E-state index is 13.6. The van der Waals surface area contributed by atoms with Crippen molar-refractivity contribution in [1.82, 2.24) is 14.2 Å². The molecule has 1 aliphatic rings. The number of carbonyl (C=O) groups is 1. The minimum absolute atomic E-state index is 0.175. The summed E-state index contributed by atoms with van der Waals surface area (Å²) in [6.45, 7) is 0.428. The van der Waals surface area contributed by atoms with Crippen molar-refractivity contribution in [2.45, 2.75) is 31.8 Å². The molecule has 8 heteroatoms. The first-order valence-electron chi connectivity index (χ1n) is 12.7. The van der Waals surface area contributed by atoms with E-state index in [1.807, 2.05) is 60.8 Å².